The maximum Gasteiger partial charge on any atom is 0.433 e. The van der Waals surface area contributed by atoms with Gasteiger partial charge < -0.3 is 4.74 Å². The zero-order valence-electron chi connectivity index (χ0n) is 15.6. The molecule has 30 heavy (non-hydrogen) atoms. The molecule has 0 bridgehead atoms. The second-order valence-corrected chi connectivity index (χ2v) is 9.96. The SMILES string of the molecule is CCCC(=O)Oc1cnc(NS(=O)(=O)c2ccc(-c3cc(C(F)(F)F)n(C)n3)s2)s1. The summed E-state index contributed by atoms with van der Waals surface area (Å²) >= 11 is 1.61. The molecule has 3 rings (SSSR count). The van der Waals surface area contributed by atoms with Crippen LogP contribution >= 0.6 is 22.7 Å². The van der Waals surface area contributed by atoms with Crippen LogP contribution in [0.3, 0.4) is 0 Å². The van der Waals surface area contributed by atoms with Gasteiger partial charge in [0, 0.05) is 13.5 Å². The van der Waals surface area contributed by atoms with Crippen molar-refractivity contribution >= 4 is 43.8 Å². The number of thiophene rings is 1. The molecule has 8 nitrogen and oxygen atoms in total. The molecular weight excluding hydrogens is 465 g/mol. The van der Waals surface area contributed by atoms with Gasteiger partial charge in [0.25, 0.3) is 10.0 Å². The highest BCUT2D eigenvalue weighted by molar-refractivity contribution is 7.95. The van der Waals surface area contributed by atoms with Crippen LogP contribution in [0.2, 0.25) is 0 Å². The summed E-state index contributed by atoms with van der Waals surface area (Å²) in [4.78, 5) is 15.6. The number of halogens is 3. The summed E-state index contributed by atoms with van der Waals surface area (Å²) in [5.41, 5.74) is -0.933. The third-order valence-electron chi connectivity index (χ3n) is 3.64. The maximum atomic E-state index is 12.9. The molecule has 0 fully saturated rings. The molecule has 0 radical (unpaired) electrons. The van der Waals surface area contributed by atoms with Gasteiger partial charge in [-0.3, -0.25) is 14.2 Å². The number of carbonyl (C=O) groups is 1. The Hall–Kier alpha value is -2.45. The second-order valence-electron chi connectivity index (χ2n) is 5.97. The molecule has 3 aromatic heterocycles. The van der Waals surface area contributed by atoms with E-state index in [-0.39, 0.29) is 31.4 Å². The predicted octanol–water partition coefficient (Wildman–Crippen LogP) is 4.13. The van der Waals surface area contributed by atoms with Crippen molar-refractivity contribution in [3.05, 3.63) is 30.1 Å². The summed E-state index contributed by atoms with van der Waals surface area (Å²) < 4.78 is 71.8. The molecule has 1 N–H and O–H groups in total. The van der Waals surface area contributed by atoms with E-state index in [1.807, 2.05) is 6.92 Å². The number of anilines is 1. The molecule has 3 aromatic rings. The number of nitrogens with one attached hydrogen (secondary N) is 1. The first-order valence-corrected chi connectivity index (χ1v) is 11.5. The molecule has 0 spiro atoms. The summed E-state index contributed by atoms with van der Waals surface area (Å²) in [5, 5.41) is 3.94. The molecule has 14 heteroatoms. The number of hydrogen-bond donors (Lipinski definition) is 1. The number of thiazole rings is 1. The number of aromatic nitrogens is 3. The summed E-state index contributed by atoms with van der Waals surface area (Å²) in [6, 6.07) is 3.50. The highest BCUT2D eigenvalue weighted by Gasteiger charge is 2.35. The van der Waals surface area contributed by atoms with Gasteiger partial charge in [-0.1, -0.05) is 18.3 Å². The standard InChI is InChI=1S/C16H15F3N4O4S3/c1-3-4-12(24)27-13-8-20-15(29-13)22-30(25,26)14-6-5-10(28-14)9-7-11(16(17,18)19)23(2)21-9/h5-8H,3-4H2,1-2H3,(H,20,22). The van der Waals surface area contributed by atoms with E-state index in [1.54, 1.807) is 0 Å². The fourth-order valence-electron chi connectivity index (χ4n) is 2.34. The van der Waals surface area contributed by atoms with E-state index in [0.29, 0.717) is 11.1 Å². The van der Waals surface area contributed by atoms with Crippen molar-refractivity contribution in [2.45, 2.75) is 30.2 Å². The van der Waals surface area contributed by atoms with Crippen molar-refractivity contribution in [3.8, 4) is 15.6 Å². The number of carbonyl (C=O) groups excluding carboxylic acids is 1. The van der Waals surface area contributed by atoms with Crippen molar-refractivity contribution in [2.24, 2.45) is 7.05 Å². The minimum atomic E-state index is -4.57. The Balaban J connectivity index is 1.77. The van der Waals surface area contributed by atoms with Crippen LogP contribution in [0, 0.1) is 0 Å². The van der Waals surface area contributed by atoms with Crippen molar-refractivity contribution in [2.75, 3.05) is 4.72 Å². The minimum Gasteiger partial charge on any atom is -0.414 e. The largest absolute Gasteiger partial charge is 0.433 e. The molecule has 0 aromatic carbocycles. The normalized spacial score (nSPS) is 12.2. The van der Waals surface area contributed by atoms with Gasteiger partial charge in [-0.15, -0.1) is 11.3 Å². The molecule has 162 valence electrons. The smallest absolute Gasteiger partial charge is 0.414 e. The maximum absolute atomic E-state index is 12.9. The van der Waals surface area contributed by atoms with Crippen molar-refractivity contribution in [1.29, 1.82) is 0 Å². The van der Waals surface area contributed by atoms with Gasteiger partial charge in [-0.05, 0) is 24.6 Å². The molecule has 0 aliphatic rings. The van der Waals surface area contributed by atoms with Crippen LogP contribution in [0.1, 0.15) is 25.5 Å². The summed E-state index contributed by atoms with van der Waals surface area (Å²) in [7, 11) is -2.88. The lowest BCUT2D eigenvalue weighted by Crippen LogP contribution is -2.11. The molecule has 3 heterocycles. The van der Waals surface area contributed by atoms with Crippen LogP contribution in [-0.4, -0.2) is 29.2 Å². The fourth-order valence-corrected chi connectivity index (χ4v) is 5.53. The molecule has 0 unspecified atom stereocenters. The Morgan fingerprint density at radius 1 is 1.30 bits per heavy atom. The van der Waals surface area contributed by atoms with Crippen molar-refractivity contribution < 1.29 is 31.1 Å². The van der Waals surface area contributed by atoms with Crippen LogP contribution in [0.25, 0.3) is 10.6 Å². The Bertz CT molecular complexity index is 1160. The van der Waals surface area contributed by atoms with Crippen LogP contribution < -0.4 is 9.46 Å². The van der Waals surface area contributed by atoms with E-state index in [4.69, 9.17) is 4.74 Å². The topological polar surface area (TPSA) is 103 Å². The summed E-state index contributed by atoms with van der Waals surface area (Å²) in [6.45, 7) is 1.82. The highest BCUT2D eigenvalue weighted by atomic mass is 32.2. The third kappa shape index (κ3) is 4.99. The van der Waals surface area contributed by atoms with Crippen molar-refractivity contribution in [3.63, 3.8) is 0 Å². The Kier molecular flexibility index (Phi) is 6.19. The zero-order valence-corrected chi connectivity index (χ0v) is 18.0. The molecule has 0 aliphatic carbocycles. The van der Waals surface area contributed by atoms with Crippen LogP contribution in [0.4, 0.5) is 18.3 Å². The van der Waals surface area contributed by atoms with Gasteiger partial charge in [-0.25, -0.2) is 13.4 Å². The lowest BCUT2D eigenvalue weighted by molar-refractivity contribution is -0.143. The number of esters is 1. The predicted molar refractivity (Wildman–Crippen MR) is 105 cm³/mol. The van der Waals surface area contributed by atoms with Gasteiger partial charge >= 0.3 is 12.1 Å². The number of aryl methyl sites for hydroxylation is 1. The average Bonchev–Trinajstić information content (AvgIpc) is 3.33. The van der Waals surface area contributed by atoms with E-state index in [1.165, 1.54) is 18.3 Å². The molecule has 0 saturated carbocycles. The number of alkyl halides is 3. The number of nitrogens with zero attached hydrogens (tertiary/aromatic N) is 3. The van der Waals surface area contributed by atoms with Gasteiger partial charge in [0.15, 0.2) is 5.13 Å². The fraction of sp³-hybridized carbons (Fsp3) is 0.312. The average molecular weight is 481 g/mol. The van der Waals surface area contributed by atoms with Crippen LogP contribution in [-0.2, 0) is 28.0 Å². The summed E-state index contributed by atoms with van der Waals surface area (Å²) in [6.07, 6.45) is -2.52. The molecule has 0 aliphatic heterocycles. The quantitative estimate of drug-likeness (QED) is 0.510. The van der Waals surface area contributed by atoms with Crippen LogP contribution in [0.15, 0.2) is 28.6 Å². The monoisotopic (exact) mass is 480 g/mol. The van der Waals surface area contributed by atoms with E-state index >= 15 is 0 Å². The second kappa shape index (κ2) is 8.35. The number of sulfonamides is 1. The number of rotatable bonds is 7. The Labute approximate surface area is 177 Å². The van der Waals surface area contributed by atoms with E-state index in [9.17, 15) is 26.4 Å². The highest BCUT2D eigenvalue weighted by Crippen LogP contribution is 2.36. The number of ether oxygens (including phenoxy) is 1. The van der Waals surface area contributed by atoms with Crippen molar-refractivity contribution in [1.82, 2.24) is 14.8 Å². The number of hydrogen-bond acceptors (Lipinski definition) is 8. The minimum absolute atomic E-state index is 0.00986. The first-order valence-electron chi connectivity index (χ1n) is 8.40. The lowest BCUT2D eigenvalue weighted by atomic mass is 10.3. The first-order chi connectivity index (χ1) is 14.0. The first kappa shape index (κ1) is 22.2. The van der Waals surface area contributed by atoms with E-state index in [0.717, 1.165) is 35.8 Å². The van der Waals surface area contributed by atoms with Gasteiger partial charge in [-0.2, -0.15) is 18.3 Å². The Morgan fingerprint density at radius 3 is 2.67 bits per heavy atom. The zero-order chi connectivity index (χ0) is 22.1. The molecule has 0 amide bonds. The van der Waals surface area contributed by atoms with E-state index < -0.39 is 27.9 Å². The van der Waals surface area contributed by atoms with Gasteiger partial charge in [0.1, 0.15) is 15.6 Å². The van der Waals surface area contributed by atoms with Crippen LogP contribution in [0.5, 0.6) is 5.06 Å². The Morgan fingerprint density at radius 2 is 2.03 bits per heavy atom. The summed E-state index contributed by atoms with van der Waals surface area (Å²) in [5.74, 6) is -0.452. The van der Waals surface area contributed by atoms with E-state index in [2.05, 4.69) is 14.8 Å². The third-order valence-corrected chi connectivity index (χ3v) is 7.50. The van der Waals surface area contributed by atoms with Gasteiger partial charge in [0.05, 0.1) is 11.1 Å². The molecule has 0 saturated heterocycles. The lowest BCUT2D eigenvalue weighted by Gasteiger charge is -2.04. The van der Waals surface area contributed by atoms with Gasteiger partial charge in [0.2, 0.25) is 5.06 Å². The molecule has 0 atom stereocenters. The molecular formula is C16H15F3N4O4S3.